The van der Waals surface area contributed by atoms with Crippen molar-refractivity contribution in [3.63, 3.8) is 0 Å². The predicted molar refractivity (Wildman–Crippen MR) is 76.5 cm³/mol. The Balaban J connectivity index is 1.96. The minimum atomic E-state index is -0.497. The number of nitrogens with two attached hydrogens (primary N) is 1. The Morgan fingerprint density at radius 2 is 2.20 bits per heavy atom. The van der Waals surface area contributed by atoms with E-state index in [1.165, 1.54) is 34.2 Å². The number of aromatic nitrogens is 2. The molecule has 2 N–H and O–H groups in total. The summed E-state index contributed by atoms with van der Waals surface area (Å²) in [6.45, 7) is 3.83. The number of hydrogen-bond donors (Lipinski definition) is 1. The van der Waals surface area contributed by atoms with Gasteiger partial charge in [0.05, 0.1) is 5.69 Å². The molecule has 2 heterocycles. The van der Waals surface area contributed by atoms with Crippen molar-refractivity contribution in [1.82, 2.24) is 9.55 Å². The third kappa shape index (κ3) is 3.45. The van der Waals surface area contributed by atoms with E-state index in [9.17, 15) is 9.59 Å². The molecular weight excluding hydrogens is 278 g/mol. The number of nitrogen functional groups attached to an aromatic ring is 1. The highest BCUT2D eigenvalue weighted by molar-refractivity contribution is 7.11. The van der Waals surface area contributed by atoms with Gasteiger partial charge < -0.3 is 15.0 Å². The highest BCUT2D eigenvalue weighted by Crippen LogP contribution is 2.17. The maximum absolute atomic E-state index is 11.7. The van der Waals surface area contributed by atoms with E-state index in [4.69, 9.17) is 10.5 Å². The van der Waals surface area contributed by atoms with Gasteiger partial charge in [0, 0.05) is 22.8 Å². The van der Waals surface area contributed by atoms with E-state index in [1.54, 1.807) is 0 Å². The Kier molecular flexibility index (Phi) is 4.19. The van der Waals surface area contributed by atoms with Crippen molar-refractivity contribution >= 4 is 23.0 Å². The molecule has 0 radical (unpaired) electrons. The molecule has 0 unspecified atom stereocenters. The van der Waals surface area contributed by atoms with Crippen molar-refractivity contribution in [3.05, 3.63) is 44.3 Å². The molecule has 0 saturated heterocycles. The van der Waals surface area contributed by atoms with Crippen LogP contribution in [0.4, 0.5) is 5.69 Å². The maximum Gasteiger partial charge on any atom is 0.326 e. The summed E-state index contributed by atoms with van der Waals surface area (Å²) in [5.41, 5.74) is 6.63. The SMILES string of the molecule is Cc1nc(COC(=O)Cn2cc(N)ccc2=O)sc1C. The first-order valence-corrected chi connectivity index (χ1v) is 6.82. The molecule has 0 fully saturated rings. The van der Waals surface area contributed by atoms with Crippen LogP contribution in [0.1, 0.15) is 15.6 Å². The minimum Gasteiger partial charge on any atom is -0.457 e. The number of nitrogens with zero attached hydrogens (tertiary/aromatic N) is 2. The second-order valence-electron chi connectivity index (χ2n) is 4.34. The molecule has 20 heavy (non-hydrogen) atoms. The van der Waals surface area contributed by atoms with Crippen LogP contribution in [-0.2, 0) is 22.7 Å². The quantitative estimate of drug-likeness (QED) is 0.857. The lowest BCUT2D eigenvalue weighted by Crippen LogP contribution is -2.24. The monoisotopic (exact) mass is 293 g/mol. The van der Waals surface area contributed by atoms with E-state index in [1.807, 2.05) is 13.8 Å². The van der Waals surface area contributed by atoms with Crippen molar-refractivity contribution in [2.45, 2.75) is 27.0 Å². The summed E-state index contributed by atoms with van der Waals surface area (Å²) in [5, 5.41) is 0.744. The average molecular weight is 293 g/mol. The van der Waals surface area contributed by atoms with E-state index in [-0.39, 0.29) is 18.7 Å². The molecule has 0 aliphatic heterocycles. The van der Waals surface area contributed by atoms with Crippen LogP contribution in [0.5, 0.6) is 0 Å². The Labute approximate surface area is 119 Å². The highest BCUT2D eigenvalue weighted by Gasteiger charge is 2.09. The predicted octanol–water partition coefficient (Wildman–Crippen LogP) is 1.25. The summed E-state index contributed by atoms with van der Waals surface area (Å²) in [6.07, 6.45) is 1.42. The molecule has 6 nitrogen and oxygen atoms in total. The molecule has 0 atom stereocenters. The summed E-state index contributed by atoms with van der Waals surface area (Å²) < 4.78 is 6.32. The number of pyridine rings is 1. The van der Waals surface area contributed by atoms with Crippen LogP contribution in [0.3, 0.4) is 0 Å². The Hall–Kier alpha value is -2.15. The van der Waals surface area contributed by atoms with Crippen LogP contribution in [-0.4, -0.2) is 15.5 Å². The van der Waals surface area contributed by atoms with Gasteiger partial charge in [0.1, 0.15) is 18.2 Å². The molecule has 0 spiro atoms. The molecule has 0 bridgehead atoms. The fourth-order valence-electron chi connectivity index (χ4n) is 1.60. The first-order chi connectivity index (χ1) is 9.45. The molecule has 0 aromatic carbocycles. The fraction of sp³-hybridized carbons (Fsp3) is 0.308. The van der Waals surface area contributed by atoms with Crippen LogP contribution in [0.15, 0.2) is 23.1 Å². The van der Waals surface area contributed by atoms with Gasteiger partial charge >= 0.3 is 5.97 Å². The number of carbonyl (C=O) groups excluding carboxylic acids is 1. The topological polar surface area (TPSA) is 87.2 Å². The average Bonchev–Trinajstić information content (AvgIpc) is 2.71. The van der Waals surface area contributed by atoms with E-state index in [2.05, 4.69) is 4.98 Å². The van der Waals surface area contributed by atoms with Crippen molar-refractivity contribution in [2.75, 3.05) is 5.73 Å². The van der Waals surface area contributed by atoms with Crippen LogP contribution >= 0.6 is 11.3 Å². The van der Waals surface area contributed by atoms with E-state index < -0.39 is 5.97 Å². The second-order valence-corrected chi connectivity index (χ2v) is 5.63. The lowest BCUT2D eigenvalue weighted by atomic mass is 10.4. The zero-order chi connectivity index (χ0) is 14.7. The third-order valence-corrected chi connectivity index (χ3v) is 3.78. The molecule has 7 heteroatoms. The Morgan fingerprint density at radius 1 is 1.45 bits per heavy atom. The highest BCUT2D eigenvalue weighted by atomic mass is 32.1. The van der Waals surface area contributed by atoms with Gasteiger partial charge in [-0.15, -0.1) is 11.3 Å². The standard InChI is InChI=1S/C13H15N3O3S/c1-8-9(2)20-11(15-8)7-19-13(18)6-16-5-10(14)3-4-12(16)17/h3-5H,6-7,14H2,1-2H3. The van der Waals surface area contributed by atoms with E-state index >= 15 is 0 Å². The van der Waals surface area contributed by atoms with Crippen molar-refractivity contribution in [2.24, 2.45) is 0 Å². The van der Waals surface area contributed by atoms with Gasteiger partial charge in [-0.1, -0.05) is 0 Å². The molecule has 2 aromatic heterocycles. The number of carbonyl (C=O) groups is 1. The summed E-state index contributed by atoms with van der Waals surface area (Å²) in [4.78, 5) is 28.6. The summed E-state index contributed by atoms with van der Waals surface area (Å²) >= 11 is 1.49. The molecule has 0 saturated carbocycles. The number of esters is 1. The van der Waals surface area contributed by atoms with Gasteiger partial charge in [0.2, 0.25) is 0 Å². The van der Waals surface area contributed by atoms with Crippen LogP contribution in [0.2, 0.25) is 0 Å². The smallest absolute Gasteiger partial charge is 0.326 e. The Bertz CT molecular complexity index is 671. The molecule has 0 aliphatic rings. The lowest BCUT2D eigenvalue weighted by Gasteiger charge is -2.06. The maximum atomic E-state index is 11.7. The van der Waals surface area contributed by atoms with Gasteiger partial charge in [-0.25, -0.2) is 4.98 Å². The summed E-state index contributed by atoms with van der Waals surface area (Å²) in [5.74, 6) is -0.497. The first-order valence-electron chi connectivity index (χ1n) is 6.00. The zero-order valence-corrected chi connectivity index (χ0v) is 12.1. The second kappa shape index (κ2) is 5.87. The van der Waals surface area contributed by atoms with Crippen molar-refractivity contribution in [1.29, 1.82) is 0 Å². The number of thiazole rings is 1. The van der Waals surface area contributed by atoms with Gasteiger partial charge in [-0.05, 0) is 19.9 Å². The molecule has 0 aliphatic carbocycles. The number of hydrogen-bond acceptors (Lipinski definition) is 6. The number of rotatable bonds is 4. The van der Waals surface area contributed by atoms with E-state index in [0.29, 0.717) is 5.69 Å². The lowest BCUT2D eigenvalue weighted by molar-refractivity contribution is -0.145. The van der Waals surface area contributed by atoms with Gasteiger partial charge in [-0.3, -0.25) is 9.59 Å². The molecular formula is C13H15N3O3S. The van der Waals surface area contributed by atoms with Gasteiger partial charge in [0.25, 0.3) is 5.56 Å². The molecule has 106 valence electrons. The van der Waals surface area contributed by atoms with Crippen LogP contribution in [0.25, 0.3) is 0 Å². The van der Waals surface area contributed by atoms with Crippen molar-refractivity contribution < 1.29 is 9.53 Å². The normalized spacial score (nSPS) is 10.5. The molecule has 2 aromatic rings. The molecule has 0 amide bonds. The number of ether oxygens (including phenoxy) is 1. The number of aryl methyl sites for hydroxylation is 2. The zero-order valence-electron chi connectivity index (χ0n) is 11.3. The number of anilines is 1. The fourth-order valence-corrected chi connectivity index (χ4v) is 2.45. The van der Waals surface area contributed by atoms with Crippen LogP contribution in [0, 0.1) is 13.8 Å². The van der Waals surface area contributed by atoms with Crippen LogP contribution < -0.4 is 11.3 Å². The summed E-state index contributed by atoms with van der Waals surface area (Å²) in [6, 6.07) is 2.81. The summed E-state index contributed by atoms with van der Waals surface area (Å²) in [7, 11) is 0. The van der Waals surface area contributed by atoms with Crippen molar-refractivity contribution in [3.8, 4) is 0 Å². The first kappa shape index (κ1) is 14.3. The van der Waals surface area contributed by atoms with Gasteiger partial charge in [0.15, 0.2) is 0 Å². The van der Waals surface area contributed by atoms with E-state index in [0.717, 1.165) is 15.6 Å². The minimum absolute atomic E-state index is 0.120. The largest absolute Gasteiger partial charge is 0.457 e. The molecule has 2 rings (SSSR count). The van der Waals surface area contributed by atoms with Gasteiger partial charge in [-0.2, -0.15) is 0 Å². The third-order valence-electron chi connectivity index (χ3n) is 2.74. The Morgan fingerprint density at radius 3 is 2.85 bits per heavy atom.